The number of aromatic nitrogens is 4. The molecule has 8 aromatic rings. The average molecular weight is 869 g/mol. The van der Waals surface area contributed by atoms with Gasteiger partial charge >= 0.3 is 0 Å². The number of hydrogen-bond acceptors (Lipinski definition) is 8. The average Bonchev–Trinajstić information content (AvgIpc) is 4.11. The molecule has 0 fully saturated rings. The van der Waals surface area contributed by atoms with Crippen molar-refractivity contribution in [2.45, 2.75) is 0 Å². The fourth-order valence-electron chi connectivity index (χ4n) is 9.06. The Hall–Kier alpha value is -8.34. The number of hydrogen-bond donors (Lipinski definition) is 4. The molecule has 324 valence electrons. The summed E-state index contributed by atoms with van der Waals surface area (Å²) in [6, 6.07) is 25.9. The lowest BCUT2D eigenvalue weighted by Crippen LogP contribution is -2.22. The third-order valence-corrected chi connectivity index (χ3v) is 11.9. The molecular weight excluding hydrogens is 829 g/mol. The van der Waals surface area contributed by atoms with Crippen molar-refractivity contribution in [3.05, 3.63) is 132 Å². The van der Waals surface area contributed by atoms with Gasteiger partial charge in [0.1, 0.15) is 20.0 Å². The second-order valence-corrected chi connectivity index (χ2v) is 16.1. The lowest BCUT2D eigenvalue weighted by atomic mass is 9.95. The van der Waals surface area contributed by atoms with Gasteiger partial charge in [-0.05, 0) is 36.4 Å². The van der Waals surface area contributed by atoms with Crippen molar-refractivity contribution in [3.63, 3.8) is 0 Å². The lowest BCUT2D eigenvalue weighted by Gasteiger charge is -2.09. The molecule has 0 spiro atoms. The van der Waals surface area contributed by atoms with E-state index in [2.05, 4.69) is 21.3 Å². The highest BCUT2D eigenvalue weighted by molar-refractivity contribution is 6.52. The first-order valence-electron chi connectivity index (χ1n) is 20.6. The molecule has 16 nitrogen and oxygen atoms in total. The van der Waals surface area contributed by atoms with Gasteiger partial charge in [-0.15, -0.1) is 0 Å². The highest BCUT2D eigenvalue weighted by atomic mass is 16.7. The summed E-state index contributed by atoms with van der Waals surface area (Å²) in [7, 11) is 7.42. The third-order valence-electron chi connectivity index (χ3n) is 11.9. The zero-order chi connectivity index (χ0) is 45.3. The summed E-state index contributed by atoms with van der Waals surface area (Å²) >= 11 is 0. The van der Waals surface area contributed by atoms with E-state index in [0.29, 0.717) is 44.8 Å². The number of anilines is 2. The Labute approximate surface area is 369 Å². The first kappa shape index (κ1) is 40.7. The predicted molar refractivity (Wildman–Crippen MR) is 246 cm³/mol. The molecule has 0 aliphatic carbocycles. The van der Waals surface area contributed by atoms with Crippen molar-refractivity contribution in [2.24, 2.45) is 28.2 Å². The predicted octanol–water partition coefficient (Wildman–Crippen LogP) is 5.36. The first-order chi connectivity index (χ1) is 31.4. The molecule has 0 atom stereocenters. The fraction of sp³-hybridized carbons (Fsp3) is 0.143. The van der Waals surface area contributed by atoms with Crippen LogP contribution in [0.15, 0.2) is 110 Å². The van der Waals surface area contributed by atoms with Gasteiger partial charge in [0.05, 0.1) is 33.3 Å². The van der Waals surface area contributed by atoms with Gasteiger partial charge < -0.3 is 38.4 Å². The van der Waals surface area contributed by atoms with Crippen LogP contribution < -0.4 is 21.3 Å². The first-order valence-corrected chi connectivity index (χ1v) is 20.6. The van der Waals surface area contributed by atoms with Crippen LogP contribution in [0.3, 0.4) is 0 Å². The number of fused-ring (bicyclic) bond motifs is 4. The molecular formula is C49H40N8O8. The molecule has 0 bridgehead atoms. The summed E-state index contributed by atoms with van der Waals surface area (Å²) in [5, 5.41) is 13.7. The Balaban J connectivity index is 0.763. The maximum absolute atomic E-state index is 13.3. The standard InChI is InChI=1S/C49H40N8O8/c1-54-19-32(28-9-5-7-11-36(28)54)42-44(48(62)52-46(42)60)34-21-56(3)38-17-26(13-15-30(34)38)50-40(58)23-64-25-65-24-41(59)51-27-14-16-31-35(22-57(4)39(31)18-27)45-43(47(61)53-49(45)63)33-20-55(2)37-12-8-6-10-29(33)37/h5-22H,23-25H2,1-4H3,(H,50,58)(H,51,59)(H,52,60,62)(H,53,61,63). The van der Waals surface area contributed by atoms with E-state index < -0.39 is 35.4 Å². The number of carbonyl (C=O) groups is 6. The minimum atomic E-state index is -0.482. The molecule has 4 aromatic heterocycles. The summed E-state index contributed by atoms with van der Waals surface area (Å²) < 4.78 is 18.3. The summed E-state index contributed by atoms with van der Waals surface area (Å²) in [6.45, 7) is -1.03. The maximum Gasteiger partial charge on any atom is 0.259 e. The van der Waals surface area contributed by atoms with Crippen molar-refractivity contribution < 1.29 is 38.2 Å². The summed E-state index contributed by atoms with van der Waals surface area (Å²) in [5.41, 5.74) is 7.94. The van der Waals surface area contributed by atoms with Gasteiger partial charge in [-0.1, -0.05) is 48.5 Å². The van der Waals surface area contributed by atoms with E-state index in [1.165, 1.54) is 0 Å². The largest absolute Gasteiger partial charge is 0.350 e. The number of carbonyl (C=O) groups excluding carboxylic acids is 6. The van der Waals surface area contributed by atoms with Crippen LogP contribution in [0.1, 0.15) is 22.3 Å². The van der Waals surface area contributed by atoms with Gasteiger partial charge in [0, 0.05) is 119 Å². The van der Waals surface area contributed by atoms with Crippen LogP contribution in [0.25, 0.3) is 65.9 Å². The van der Waals surface area contributed by atoms with Crippen molar-refractivity contribution in [3.8, 4) is 0 Å². The second-order valence-electron chi connectivity index (χ2n) is 16.1. The summed E-state index contributed by atoms with van der Waals surface area (Å²) in [4.78, 5) is 78.7. The number of rotatable bonds is 12. The Morgan fingerprint density at radius 1 is 0.462 bits per heavy atom. The summed E-state index contributed by atoms with van der Waals surface area (Å²) in [5.74, 6) is -2.80. The van der Waals surface area contributed by atoms with Gasteiger partial charge in [-0.3, -0.25) is 39.4 Å². The van der Waals surface area contributed by atoms with Crippen LogP contribution in [-0.4, -0.2) is 73.7 Å². The lowest BCUT2D eigenvalue weighted by molar-refractivity contribution is -0.132. The molecule has 2 aliphatic heterocycles. The maximum atomic E-state index is 13.3. The normalized spacial score (nSPS) is 14.2. The van der Waals surface area contributed by atoms with Gasteiger partial charge in [-0.2, -0.15) is 0 Å². The highest BCUT2D eigenvalue weighted by Gasteiger charge is 2.37. The van der Waals surface area contributed by atoms with Crippen LogP contribution in [0.5, 0.6) is 0 Å². The molecule has 0 radical (unpaired) electrons. The summed E-state index contributed by atoms with van der Waals surface area (Å²) in [6.07, 6.45) is 7.30. The SMILES string of the molecule is Cn1cc(C2=C(c3cn(C)c4cc(NC(=O)COCOCC(=O)Nc5ccc6c(C7=C(c8cn(C)c9ccccc89)C(=O)NC7=O)cn(C)c6c5)ccc34)C(=O)NC2=O)c2ccccc21. The van der Waals surface area contributed by atoms with E-state index in [4.69, 9.17) is 9.47 Å². The molecule has 4 N–H and O–H groups in total. The number of ether oxygens (including phenoxy) is 2. The van der Waals surface area contributed by atoms with Crippen LogP contribution in [0, 0.1) is 0 Å². The Morgan fingerprint density at radius 2 is 0.785 bits per heavy atom. The van der Waals surface area contributed by atoms with Crippen LogP contribution in [0.2, 0.25) is 0 Å². The minimum absolute atomic E-state index is 0.280. The third kappa shape index (κ3) is 6.97. The molecule has 4 aromatic carbocycles. The molecule has 16 heteroatoms. The monoisotopic (exact) mass is 868 g/mol. The Morgan fingerprint density at radius 3 is 1.15 bits per heavy atom. The quantitative estimate of drug-likeness (QED) is 0.0718. The second kappa shape index (κ2) is 15.8. The van der Waals surface area contributed by atoms with Gasteiger partial charge in [-0.25, -0.2) is 0 Å². The van der Waals surface area contributed by atoms with Crippen LogP contribution in [0.4, 0.5) is 11.4 Å². The fourth-order valence-corrected chi connectivity index (χ4v) is 9.06. The van der Waals surface area contributed by atoms with E-state index in [1.807, 2.05) is 107 Å². The van der Waals surface area contributed by atoms with Crippen LogP contribution >= 0.6 is 0 Å². The molecule has 10 rings (SSSR count). The molecule has 65 heavy (non-hydrogen) atoms. The minimum Gasteiger partial charge on any atom is -0.350 e. The zero-order valence-corrected chi connectivity index (χ0v) is 35.6. The topological polar surface area (TPSA) is 189 Å². The van der Waals surface area contributed by atoms with Gasteiger partial charge in [0.2, 0.25) is 11.8 Å². The number of aryl methyl sites for hydroxylation is 4. The smallest absolute Gasteiger partial charge is 0.259 e. The molecule has 0 saturated carbocycles. The number of para-hydroxylation sites is 2. The van der Waals surface area contributed by atoms with Crippen molar-refractivity contribution in [1.29, 1.82) is 0 Å². The molecule has 2 aliphatic rings. The number of benzene rings is 4. The van der Waals surface area contributed by atoms with E-state index in [1.54, 1.807) is 48.8 Å². The number of nitrogens with zero attached hydrogens (tertiary/aromatic N) is 4. The van der Waals surface area contributed by atoms with Crippen molar-refractivity contribution in [2.75, 3.05) is 30.6 Å². The zero-order valence-electron chi connectivity index (χ0n) is 35.6. The molecule has 6 amide bonds. The highest BCUT2D eigenvalue weighted by Crippen LogP contribution is 2.41. The van der Waals surface area contributed by atoms with Crippen molar-refractivity contribution >= 4 is 113 Å². The van der Waals surface area contributed by atoms with Crippen molar-refractivity contribution in [1.82, 2.24) is 28.9 Å². The van der Waals surface area contributed by atoms with E-state index in [-0.39, 0.29) is 31.2 Å². The van der Waals surface area contributed by atoms with Gasteiger partial charge in [0.25, 0.3) is 23.6 Å². The van der Waals surface area contributed by atoms with Gasteiger partial charge in [0.15, 0.2) is 0 Å². The van der Waals surface area contributed by atoms with E-state index in [9.17, 15) is 28.8 Å². The Bertz CT molecular complexity index is 3260. The van der Waals surface area contributed by atoms with E-state index in [0.717, 1.165) is 43.6 Å². The van der Waals surface area contributed by atoms with Crippen LogP contribution in [-0.2, 0) is 66.4 Å². The van der Waals surface area contributed by atoms with E-state index >= 15 is 0 Å². The number of amides is 6. The molecule has 0 unspecified atom stereocenters. The number of nitrogens with one attached hydrogen (secondary N) is 4. The molecule has 0 saturated heterocycles. The number of imide groups is 2. The molecule has 6 heterocycles. The Kier molecular flexibility index (Phi) is 9.88.